The fourth-order valence-corrected chi connectivity index (χ4v) is 1.59. The molecule has 0 aliphatic heterocycles. The fourth-order valence-electron chi connectivity index (χ4n) is 1.59. The maximum Gasteiger partial charge on any atom is 0.341 e. The van der Waals surface area contributed by atoms with Crippen LogP contribution in [0, 0.1) is 0 Å². The summed E-state index contributed by atoms with van der Waals surface area (Å²) >= 11 is 0. The number of rotatable bonds is 5. The lowest BCUT2D eigenvalue weighted by Crippen LogP contribution is -2.19. The highest BCUT2D eigenvalue weighted by Crippen LogP contribution is 2.16. The van der Waals surface area contributed by atoms with Crippen LogP contribution in [0.3, 0.4) is 0 Å². The molecule has 2 aromatic carbocycles. The molecule has 0 saturated heterocycles. The second-order valence-electron chi connectivity index (χ2n) is 4.15. The molecule has 0 saturated carbocycles. The zero-order chi connectivity index (χ0) is 15.1. The van der Waals surface area contributed by atoms with Gasteiger partial charge in [-0.1, -0.05) is 18.2 Å². The lowest BCUT2D eigenvalue weighted by atomic mass is 10.3. The van der Waals surface area contributed by atoms with E-state index < -0.39 is 12.6 Å². The number of amides is 2. The van der Waals surface area contributed by atoms with Crippen molar-refractivity contribution in [1.29, 1.82) is 0 Å². The minimum atomic E-state index is -1.04. The van der Waals surface area contributed by atoms with Gasteiger partial charge in [0, 0.05) is 11.4 Å². The van der Waals surface area contributed by atoms with Crippen LogP contribution in [0.5, 0.6) is 5.75 Å². The summed E-state index contributed by atoms with van der Waals surface area (Å²) < 4.78 is 5.00. The lowest BCUT2D eigenvalue weighted by Gasteiger charge is -2.08. The Hall–Kier alpha value is -3.02. The SMILES string of the molecule is O=C(O)COc1ccc(NC(=O)Nc2ccccc2)cc1. The van der Waals surface area contributed by atoms with Crippen molar-refractivity contribution >= 4 is 23.4 Å². The maximum atomic E-state index is 11.8. The molecule has 0 heterocycles. The van der Waals surface area contributed by atoms with Crippen LogP contribution in [0.2, 0.25) is 0 Å². The Morgan fingerprint density at radius 2 is 1.48 bits per heavy atom. The second kappa shape index (κ2) is 6.95. The Morgan fingerprint density at radius 3 is 2.05 bits per heavy atom. The van der Waals surface area contributed by atoms with Crippen molar-refractivity contribution < 1.29 is 19.4 Å². The van der Waals surface area contributed by atoms with Crippen LogP contribution in [0.25, 0.3) is 0 Å². The van der Waals surface area contributed by atoms with Crippen molar-refractivity contribution in [2.45, 2.75) is 0 Å². The minimum Gasteiger partial charge on any atom is -0.482 e. The van der Waals surface area contributed by atoms with Gasteiger partial charge in [0.25, 0.3) is 0 Å². The molecular weight excluding hydrogens is 272 g/mol. The van der Waals surface area contributed by atoms with Gasteiger partial charge in [0.2, 0.25) is 0 Å². The summed E-state index contributed by atoms with van der Waals surface area (Å²) in [5.74, 6) is -0.620. The van der Waals surface area contributed by atoms with Gasteiger partial charge in [-0.2, -0.15) is 0 Å². The third-order valence-corrected chi connectivity index (χ3v) is 2.51. The van der Waals surface area contributed by atoms with Gasteiger partial charge in [-0.15, -0.1) is 0 Å². The molecule has 0 unspecified atom stereocenters. The van der Waals surface area contributed by atoms with Crippen molar-refractivity contribution in [3.8, 4) is 5.75 Å². The molecule has 2 rings (SSSR count). The van der Waals surface area contributed by atoms with Crippen LogP contribution in [-0.2, 0) is 4.79 Å². The Balaban J connectivity index is 1.88. The minimum absolute atomic E-state index is 0.361. The number of hydrogen-bond acceptors (Lipinski definition) is 3. The van der Waals surface area contributed by atoms with E-state index in [1.54, 1.807) is 36.4 Å². The number of ether oxygens (including phenoxy) is 1. The highest BCUT2D eigenvalue weighted by Gasteiger charge is 2.03. The number of carbonyl (C=O) groups is 2. The summed E-state index contributed by atoms with van der Waals surface area (Å²) in [6.07, 6.45) is 0. The molecule has 0 aromatic heterocycles. The molecular formula is C15H14N2O4. The molecule has 21 heavy (non-hydrogen) atoms. The summed E-state index contributed by atoms with van der Waals surface area (Å²) in [4.78, 5) is 22.1. The molecule has 3 N–H and O–H groups in total. The van der Waals surface area contributed by atoms with Crippen LogP contribution < -0.4 is 15.4 Å². The van der Waals surface area contributed by atoms with Gasteiger partial charge in [-0.3, -0.25) is 0 Å². The Morgan fingerprint density at radius 1 is 0.905 bits per heavy atom. The number of anilines is 2. The van der Waals surface area contributed by atoms with E-state index in [4.69, 9.17) is 9.84 Å². The molecule has 0 aliphatic rings. The molecule has 2 amide bonds. The van der Waals surface area contributed by atoms with Crippen molar-refractivity contribution in [2.75, 3.05) is 17.2 Å². The number of hydrogen-bond donors (Lipinski definition) is 3. The first-order chi connectivity index (χ1) is 10.1. The third-order valence-electron chi connectivity index (χ3n) is 2.51. The van der Waals surface area contributed by atoms with Crippen LogP contribution in [0.4, 0.5) is 16.2 Å². The van der Waals surface area contributed by atoms with E-state index in [-0.39, 0.29) is 6.03 Å². The van der Waals surface area contributed by atoms with Crippen molar-refractivity contribution in [3.63, 3.8) is 0 Å². The molecule has 0 atom stereocenters. The smallest absolute Gasteiger partial charge is 0.341 e. The van der Waals surface area contributed by atoms with Gasteiger partial charge >= 0.3 is 12.0 Å². The van der Waals surface area contributed by atoms with E-state index in [0.29, 0.717) is 17.1 Å². The van der Waals surface area contributed by atoms with Gasteiger partial charge in [0.15, 0.2) is 6.61 Å². The van der Waals surface area contributed by atoms with Crippen molar-refractivity contribution in [3.05, 3.63) is 54.6 Å². The van der Waals surface area contributed by atoms with E-state index in [1.165, 1.54) is 0 Å². The number of carbonyl (C=O) groups excluding carboxylic acids is 1. The zero-order valence-electron chi connectivity index (χ0n) is 11.1. The van der Waals surface area contributed by atoms with Crippen LogP contribution >= 0.6 is 0 Å². The summed E-state index contributed by atoms with van der Waals surface area (Å²) in [5.41, 5.74) is 1.27. The molecule has 0 fully saturated rings. The quantitative estimate of drug-likeness (QED) is 0.788. The normalized spacial score (nSPS) is 9.71. The summed E-state index contributed by atoms with van der Waals surface area (Å²) in [6, 6.07) is 15.1. The standard InChI is InChI=1S/C15H14N2O4/c18-14(19)10-21-13-8-6-12(7-9-13)17-15(20)16-11-4-2-1-3-5-11/h1-9H,10H2,(H,18,19)(H2,16,17,20). The molecule has 0 radical (unpaired) electrons. The van der Waals surface area contributed by atoms with E-state index in [0.717, 1.165) is 0 Å². The molecule has 6 nitrogen and oxygen atoms in total. The van der Waals surface area contributed by atoms with E-state index in [9.17, 15) is 9.59 Å². The third kappa shape index (κ3) is 4.87. The molecule has 6 heteroatoms. The van der Waals surface area contributed by atoms with E-state index >= 15 is 0 Å². The number of aliphatic carboxylic acids is 1. The summed E-state index contributed by atoms with van der Waals surface area (Å²) in [7, 11) is 0. The first-order valence-corrected chi connectivity index (χ1v) is 6.21. The van der Waals surface area contributed by atoms with E-state index in [1.807, 2.05) is 18.2 Å². The predicted octanol–water partition coefficient (Wildman–Crippen LogP) is 2.79. The van der Waals surface area contributed by atoms with Gasteiger partial charge in [0.05, 0.1) is 0 Å². The number of urea groups is 1. The van der Waals surface area contributed by atoms with Crippen LogP contribution in [0.15, 0.2) is 54.6 Å². The zero-order valence-corrected chi connectivity index (χ0v) is 11.1. The molecule has 2 aromatic rings. The number of benzene rings is 2. The highest BCUT2D eigenvalue weighted by atomic mass is 16.5. The van der Waals surface area contributed by atoms with E-state index in [2.05, 4.69) is 10.6 Å². The first-order valence-electron chi connectivity index (χ1n) is 6.21. The molecule has 0 aliphatic carbocycles. The van der Waals surface area contributed by atoms with Crippen LogP contribution in [0.1, 0.15) is 0 Å². The number of nitrogens with one attached hydrogen (secondary N) is 2. The molecule has 0 spiro atoms. The largest absolute Gasteiger partial charge is 0.482 e. The average Bonchev–Trinajstić information content (AvgIpc) is 2.47. The monoisotopic (exact) mass is 286 g/mol. The maximum absolute atomic E-state index is 11.8. The van der Waals surface area contributed by atoms with Gasteiger partial charge in [-0.05, 0) is 36.4 Å². The summed E-state index contributed by atoms with van der Waals surface area (Å²) in [5, 5.41) is 13.8. The van der Waals surface area contributed by atoms with Gasteiger partial charge in [0.1, 0.15) is 5.75 Å². The Kier molecular flexibility index (Phi) is 4.76. The van der Waals surface area contributed by atoms with Crippen molar-refractivity contribution in [1.82, 2.24) is 0 Å². The number of carboxylic acids is 1. The predicted molar refractivity (Wildman–Crippen MR) is 78.7 cm³/mol. The second-order valence-corrected chi connectivity index (χ2v) is 4.15. The molecule has 0 bridgehead atoms. The number of carboxylic acid groups (broad SMARTS) is 1. The topological polar surface area (TPSA) is 87.7 Å². The van der Waals surface area contributed by atoms with Gasteiger partial charge < -0.3 is 20.5 Å². The average molecular weight is 286 g/mol. The highest BCUT2D eigenvalue weighted by molar-refractivity contribution is 5.99. The fraction of sp³-hybridized carbons (Fsp3) is 0.0667. The Bertz CT molecular complexity index is 611. The molecule has 108 valence electrons. The summed E-state index contributed by atoms with van der Waals surface area (Å²) in [6.45, 7) is -0.402. The van der Waals surface area contributed by atoms with Crippen LogP contribution in [-0.4, -0.2) is 23.7 Å². The lowest BCUT2D eigenvalue weighted by molar-refractivity contribution is -0.139. The number of para-hydroxylation sites is 1. The first kappa shape index (κ1) is 14.4. The van der Waals surface area contributed by atoms with Gasteiger partial charge in [-0.25, -0.2) is 9.59 Å². The van der Waals surface area contributed by atoms with Crippen molar-refractivity contribution in [2.24, 2.45) is 0 Å². The Labute approximate surface area is 121 Å².